The van der Waals surface area contributed by atoms with Crippen molar-refractivity contribution in [1.82, 2.24) is 9.78 Å². The van der Waals surface area contributed by atoms with Gasteiger partial charge < -0.3 is 9.90 Å². The third kappa shape index (κ3) is 2.11. The number of aromatic nitrogens is 2. The number of hydrogen-bond donors (Lipinski definition) is 0. The molecular formula is C9H11KN2O2. The Kier molecular flexibility index (Phi) is 3.93. The van der Waals surface area contributed by atoms with Gasteiger partial charge in [0.25, 0.3) is 0 Å². The number of aryl methyl sites for hydroxylation is 1. The molecule has 1 heterocycles. The zero-order valence-corrected chi connectivity index (χ0v) is 11.8. The molecular weight excluding hydrogens is 207 g/mol. The average molecular weight is 218 g/mol. The third-order valence-electron chi connectivity index (χ3n) is 2.67. The molecule has 2 atom stereocenters. The Morgan fingerprint density at radius 1 is 1.71 bits per heavy atom. The van der Waals surface area contributed by atoms with Crippen molar-refractivity contribution >= 4 is 5.97 Å². The number of carboxylic acids is 1. The standard InChI is InChI=1S/C9H12N2O2.K/c1-5-3-6(5)8-7(9(12)13)4-10-11(8)2;/h4-6H,3H2,1-2H3,(H,12,13);/q;+1/p-1/t5-,6+;/m0./s1. The third-order valence-corrected chi connectivity index (χ3v) is 2.67. The normalized spacial score (nSPS) is 24.1. The first-order valence-corrected chi connectivity index (χ1v) is 4.34. The maximum atomic E-state index is 10.7. The smallest absolute Gasteiger partial charge is 0.545 e. The maximum Gasteiger partial charge on any atom is 1.00 e. The number of carbonyl (C=O) groups is 1. The van der Waals surface area contributed by atoms with Crippen LogP contribution in [0.3, 0.4) is 0 Å². The molecule has 0 saturated heterocycles. The van der Waals surface area contributed by atoms with Crippen molar-refractivity contribution in [1.29, 1.82) is 0 Å². The predicted molar refractivity (Wildman–Crippen MR) is 44.1 cm³/mol. The second-order valence-electron chi connectivity index (χ2n) is 3.67. The summed E-state index contributed by atoms with van der Waals surface area (Å²) in [6.07, 6.45) is 2.43. The van der Waals surface area contributed by atoms with Crippen LogP contribution in [0.15, 0.2) is 6.20 Å². The van der Waals surface area contributed by atoms with Gasteiger partial charge in [0, 0.05) is 18.5 Å². The first kappa shape index (κ1) is 12.4. The number of hydrogen-bond acceptors (Lipinski definition) is 3. The first-order chi connectivity index (χ1) is 6.11. The van der Waals surface area contributed by atoms with Crippen molar-refractivity contribution in [3.63, 3.8) is 0 Å². The van der Waals surface area contributed by atoms with Gasteiger partial charge in [0.05, 0.1) is 17.9 Å². The van der Waals surface area contributed by atoms with Crippen molar-refractivity contribution in [3.05, 3.63) is 17.5 Å². The Morgan fingerprint density at radius 2 is 2.29 bits per heavy atom. The average Bonchev–Trinajstić information content (AvgIpc) is 2.60. The Hall–Kier alpha value is 0.316. The fourth-order valence-corrected chi connectivity index (χ4v) is 1.75. The van der Waals surface area contributed by atoms with Crippen LogP contribution in [0.4, 0.5) is 0 Å². The SMILES string of the molecule is C[C@H]1C[C@H]1c1c(C(=O)[O-])cnn1C.[K+]. The Morgan fingerprint density at radius 3 is 2.71 bits per heavy atom. The van der Waals surface area contributed by atoms with E-state index in [2.05, 4.69) is 12.0 Å². The number of nitrogens with zero attached hydrogens (tertiary/aromatic N) is 2. The predicted octanol–water partition coefficient (Wildman–Crippen LogP) is -3.09. The van der Waals surface area contributed by atoms with Crippen LogP contribution >= 0.6 is 0 Å². The molecule has 0 bridgehead atoms. The van der Waals surface area contributed by atoms with Crippen LogP contribution in [0, 0.1) is 5.92 Å². The monoisotopic (exact) mass is 218 g/mol. The first-order valence-electron chi connectivity index (χ1n) is 4.34. The number of carbonyl (C=O) groups excluding carboxylic acids is 1. The van der Waals surface area contributed by atoms with Crippen LogP contribution in [0.1, 0.15) is 35.3 Å². The van der Waals surface area contributed by atoms with E-state index in [0.717, 1.165) is 12.1 Å². The van der Waals surface area contributed by atoms with Crippen LogP contribution in [-0.4, -0.2) is 15.7 Å². The molecule has 1 aromatic heterocycles. The van der Waals surface area contributed by atoms with Gasteiger partial charge >= 0.3 is 51.4 Å². The van der Waals surface area contributed by atoms with Crippen molar-refractivity contribution in [2.75, 3.05) is 0 Å². The molecule has 0 spiro atoms. The Bertz CT molecular complexity index is 362. The van der Waals surface area contributed by atoms with E-state index in [4.69, 9.17) is 0 Å². The minimum Gasteiger partial charge on any atom is -0.545 e. The molecule has 0 amide bonds. The van der Waals surface area contributed by atoms with Crippen LogP contribution < -0.4 is 56.5 Å². The van der Waals surface area contributed by atoms with Gasteiger partial charge in [0.2, 0.25) is 0 Å². The molecule has 0 unspecified atom stereocenters. The van der Waals surface area contributed by atoms with Crippen molar-refractivity contribution in [2.24, 2.45) is 13.0 Å². The van der Waals surface area contributed by atoms with Crippen molar-refractivity contribution < 1.29 is 61.3 Å². The Labute approximate surface area is 125 Å². The van der Waals surface area contributed by atoms with Gasteiger partial charge in [0.1, 0.15) is 0 Å². The van der Waals surface area contributed by atoms with E-state index in [1.807, 2.05) is 0 Å². The fraction of sp³-hybridized carbons (Fsp3) is 0.556. The summed E-state index contributed by atoms with van der Waals surface area (Å²) >= 11 is 0. The summed E-state index contributed by atoms with van der Waals surface area (Å²) in [5, 5.41) is 14.6. The minimum absolute atomic E-state index is 0. The number of rotatable bonds is 2. The summed E-state index contributed by atoms with van der Waals surface area (Å²) in [5.74, 6) is -0.184. The summed E-state index contributed by atoms with van der Waals surface area (Å²) in [6.45, 7) is 2.11. The Balaban J connectivity index is 0.000000980. The second-order valence-corrected chi connectivity index (χ2v) is 3.67. The fourth-order valence-electron chi connectivity index (χ4n) is 1.75. The molecule has 0 aromatic carbocycles. The van der Waals surface area contributed by atoms with E-state index in [-0.39, 0.29) is 56.9 Å². The molecule has 0 aliphatic heterocycles. The summed E-state index contributed by atoms with van der Waals surface area (Å²) in [6, 6.07) is 0. The molecule has 1 aromatic rings. The maximum absolute atomic E-state index is 10.7. The van der Waals surface area contributed by atoms with E-state index in [0.29, 0.717) is 11.8 Å². The van der Waals surface area contributed by atoms with Crippen LogP contribution in [0.5, 0.6) is 0 Å². The van der Waals surface area contributed by atoms with Crippen LogP contribution in [0.2, 0.25) is 0 Å². The zero-order chi connectivity index (χ0) is 9.59. The quantitative estimate of drug-likeness (QED) is 0.494. The van der Waals surface area contributed by atoms with Gasteiger partial charge in [-0.25, -0.2) is 0 Å². The van der Waals surface area contributed by atoms with Crippen molar-refractivity contribution in [3.8, 4) is 0 Å². The van der Waals surface area contributed by atoms with E-state index in [1.165, 1.54) is 6.20 Å². The zero-order valence-electron chi connectivity index (χ0n) is 8.65. The molecule has 1 saturated carbocycles. The van der Waals surface area contributed by atoms with Gasteiger partial charge in [-0.3, -0.25) is 4.68 Å². The topological polar surface area (TPSA) is 57.9 Å². The molecule has 1 aliphatic rings. The van der Waals surface area contributed by atoms with Crippen LogP contribution in [-0.2, 0) is 7.05 Å². The van der Waals surface area contributed by atoms with Gasteiger partial charge in [0.15, 0.2) is 0 Å². The summed E-state index contributed by atoms with van der Waals surface area (Å²) in [7, 11) is 1.77. The molecule has 70 valence electrons. The molecule has 1 fully saturated rings. The van der Waals surface area contributed by atoms with E-state index in [1.54, 1.807) is 11.7 Å². The molecule has 0 N–H and O–H groups in total. The van der Waals surface area contributed by atoms with E-state index < -0.39 is 5.97 Å². The van der Waals surface area contributed by atoms with Gasteiger partial charge in [-0.05, 0) is 12.3 Å². The van der Waals surface area contributed by atoms with Gasteiger partial charge in [-0.1, -0.05) is 6.92 Å². The summed E-state index contributed by atoms with van der Waals surface area (Å²) in [4.78, 5) is 10.7. The van der Waals surface area contributed by atoms with Crippen LogP contribution in [0.25, 0.3) is 0 Å². The molecule has 2 rings (SSSR count). The molecule has 14 heavy (non-hydrogen) atoms. The van der Waals surface area contributed by atoms with E-state index in [9.17, 15) is 9.90 Å². The largest absolute Gasteiger partial charge is 1.00 e. The number of carboxylic acid groups (broad SMARTS) is 1. The van der Waals surface area contributed by atoms with Gasteiger partial charge in [-0.15, -0.1) is 0 Å². The van der Waals surface area contributed by atoms with Crippen molar-refractivity contribution in [2.45, 2.75) is 19.3 Å². The summed E-state index contributed by atoms with van der Waals surface area (Å²) < 4.78 is 1.64. The molecule has 4 nitrogen and oxygen atoms in total. The summed E-state index contributed by atoms with van der Waals surface area (Å²) in [5.41, 5.74) is 1.06. The number of aromatic carboxylic acids is 1. The van der Waals surface area contributed by atoms with E-state index >= 15 is 0 Å². The second kappa shape index (κ2) is 4.45. The van der Waals surface area contributed by atoms with Gasteiger partial charge in [-0.2, -0.15) is 5.10 Å². The minimum atomic E-state index is -1.12. The molecule has 5 heteroatoms. The molecule has 0 radical (unpaired) electrons. The molecule has 1 aliphatic carbocycles.